The number of benzene rings is 1. The van der Waals surface area contributed by atoms with Crippen molar-refractivity contribution in [3.63, 3.8) is 0 Å². The highest BCUT2D eigenvalue weighted by Crippen LogP contribution is 2.42. The highest BCUT2D eigenvalue weighted by molar-refractivity contribution is 8.13. The number of hydrogen-bond acceptors (Lipinski definition) is 2. The maximum Gasteiger partial charge on any atom is 0.373 e. The summed E-state index contributed by atoms with van der Waals surface area (Å²) in [5, 5.41) is -1.09. The molecule has 0 aromatic heterocycles. The van der Waals surface area contributed by atoms with E-state index < -0.39 is 11.3 Å². The Morgan fingerprint density at radius 2 is 1.92 bits per heavy atom. The van der Waals surface area contributed by atoms with E-state index in [1.54, 1.807) is 6.07 Å². The molecule has 0 amide bonds. The first kappa shape index (κ1) is 8.62. The van der Waals surface area contributed by atoms with Gasteiger partial charge in [-0.1, -0.05) is 12.1 Å². The summed E-state index contributed by atoms with van der Waals surface area (Å²) in [6.45, 7) is 0. The Morgan fingerprint density at radius 3 is 2.69 bits per heavy atom. The second kappa shape index (κ2) is 2.77. The van der Waals surface area contributed by atoms with E-state index >= 15 is 0 Å². The molecule has 1 aromatic rings. The van der Waals surface area contributed by atoms with Gasteiger partial charge < -0.3 is 0 Å². The monoisotopic (exact) mass is 203 g/mol. The first-order valence-corrected chi connectivity index (χ1v) is 4.32. The van der Waals surface area contributed by atoms with E-state index in [1.165, 1.54) is 18.2 Å². The predicted molar refractivity (Wildman–Crippen MR) is 44.7 cm³/mol. The molecule has 0 unspecified atom stereocenters. The number of thioether (sulfide) groups is 1. The van der Waals surface area contributed by atoms with Crippen molar-refractivity contribution in [2.45, 2.75) is 10.9 Å². The molecule has 0 spiro atoms. The molecule has 5 heteroatoms. The van der Waals surface area contributed by atoms with Crippen LogP contribution >= 0.6 is 11.8 Å². The maximum atomic E-state index is 13.0. The largest absolute Gasteiger partial charge is 0.373 e. The van der Waals surface area contributed by atoms with E-state index in [9.17, 15) is 13.2 Å². The fourth-order valence-electron chi connectivity index (χ4n) is 1.09. The quantitative estimate of drug-likeness (QED) is 0.590. The molecule has 13 heavy (non-hydrogen) atoms. The van der Waals surface area contributed by atoms with Crippen molar-refractivity contribution in [1.29, 1.82) is 0 Å². The van der Waals surface area contributed by atoms with Crippen molar-refractivity contribution in [1.82, 2.24) is 0 Å². The Kier molecular flexibility index (Phi) is 1.83. The molecular weight excluding hydrogens is 199 g/mol. The summed E-state index contributed by atoms with van der Waals surface area (Å²) in [5.41, 5.74) is -0.235. The Bertz CT molecular complexity index is 375. The Balaban J connectivity index is 2.58. The molecule has 1 aliphatic rings. The lowest BCUT2D eigenvalue weighted by Crippen LogP contribution is -2.16. The first-order valence-electron chi connectivity index (χ1n) is 3.50. The van der Waals surface area contributed by atoms with Gasteiger partial charge in [-0.05, 0) is 23.9 Å². The number of fused-ring (bicyclic) bond motifs is 1. The van der Waals surface area contributed by atoms with Crippen molar-refractivity contribution < 1.29 is 13.2 Å². The van der Waals surface area contributed by atoms with Crippen molar-refractivity contribution in [2.24, 2.45) is 4.99 Å². The summed E-state index contributed by atoms with van der Waals surface area (Å²) in [5.74, 6) is 0. The zero-order valence-electron chi connectivity index (χ0n) is 6.30. The highest BCUT2D eigenvalue weighted by Gasteiger charge is 2.37. The number of hydrogen-bond donors (Lipinski definition) is 0. The minimum atomic E-state index is -3.42. The van der Waals surface area contributed by atoms with Gasteiger partial charge >= 0.3 is 6.05 Å². The predicted octanol–water partition coefficient (Wildman–Crippen LogP) is 3.17. The summed E-state index contributed by atoms with van der Waals surface area (Å²) in [4.78, 5) is 2.86. The zero-order chi connectivity index (χ0) is 9.47. The molecule has 0 radical (unpaired) electrons. The zero-order valence-corrected chi connectivity index (χ0v) is 7.12. The van der Waals surface area contributed by atoms with Gasteiger partial charge in [0, 0.05) is 4.90 Å². The number of halogens is 3. The van der Waals surface area contributed by atoms with Gasteiger partial charge in [-0.25, -0.2) is 0 Å². The van der Waals surface area contributed by atoms with Crippen molar-refractivity contribution in [2.75, 3.05) is 0 Å². The highest BCUT2D eigenvalue weighted by atomic mass is 32.2. The summed E-state index contributed by atoms with van der Waals surface area (Å²) in [6.07, 6.45) is 0. The third-order valence-corrected chi connectivity index (χ3v) is 2.47. The third kappa shape index (κ3) is 1.44. The average molecular weight is 203 g/mol. The Morgan fingerprint density at radius 1 is 1.23 bits per heavy atom. The molecule has 1 aliphatic heterocycles. The number of alkyl halides is 2. The second-order valence-corrected chi connectivity index (χ2v) is 3.49. The van der Waals surface area contributed by atoms with Crippen LogP contribution < -0.4 is 0 Å². The van der Waals surface area contributed by atoms with E-state index in [0.717, 1.165) is 0 Å². The van der Waals surface area contributed by atoms with Crippen LogP contribution in [0, 0.1) is 0 Å². The molecule has 0 N–H and O–H groups in total. The molecule has 0 saturated heterocycles. The topological polar surface area (TPSA) is 12.4 Å². The maximum absolute atomic E-state index is 13.0. The van der Waals surface area contributed by atoms with Crippen molar-refractivity contribution >= 4 is 17.1 Å². The normalized spacial score (nSPS) is 19.2. The fourth-order valence-corrected chi connectivity index (χ4v) is 1.88. The van der Waals surface area contributed by atoms with Crippen LogP contribution in [0.4, 0.5) is 13.2 Å². The van der Waals surface area contributed by atoms with Gasteiger partial charge in [-0.3, -0.25) is 0 Å². The van der Waals surface area contributed by atoms with Crippen molar-refractivity contribution in [3.8, 4) is 0 Å². The van der Waals surface area contributed by atoms with E-state index in [2.05, 4.69) is 4.99 Å². The Labute approximate surface area is 76.7 Å². The molecule has 2 rings (SSSR count). The lowest BCUT2D eigenvalue weighted by Gasteiger charge is -2.18. The number of aliphatic imine (C=N–C) groups is 1. The minimum Gasteiger partial charge on any atom is -0.177 e. The molecule has 0 fully saturated rings. The van der Waals surface area contributed by atoms with Crippen LogP contribution in [0.5, 0.6) is 0 Å². The lowest BCUT2D eigenvalue weighted by atomic mass is 10.2. The average Bonchev–Trinajstić information content (AvgIpc) is 2.02. The summed E-state index contributed by atoms with van der Waals surface area (Å²) in [7, 11) is 0. The van der Waals surface area contributed by atoms with E-state index in [4.69, 9.17) is 0 Å². The van der Waals surface area contributed by atoms with Crippen LogP contribution in [-0.4, -0.2) is 5.30 Å². The SMILES string of the molecule is FC1=NC(F)(F)c2ccccc2S1. The van der Waals surface area contributed by atoms with Crippen molar-refractivity contribution in [3.05, 3.63) is 29.8 Å². The molecule has 1 aromatic carbocycles. The standard InChI is InChI=1S/C8H4F3NS/c9-7-12-8(10,11)5-3-1-2-4-6(5)13-7/h1-4H. The molecule has 0 bridgehead atoms. The number of rotatable bonds is 0. The minimum absolute atomic E-state index is 0.222. The lowest BCUT2D eigenvalue weighted by molar-refractivity contribution is 0.00204. The van der Waals surface area contributed by atoms with Crippen LogP contribution in [0.2, 0.25) is 0 Å². The van der Waals surface area contributed by atoms with E-state index in [0.29, 0.717) is 11.8 Å². The van der Waals surface area contributed by atoms with Gasteiger partial charge in [-0.15, -0.1) is 0 Å². The summed E-state index contributed by atoms with van der Waals surface area (Å²) < 4.78 is 38.6. The van der Waals surface area contributed by atoms with Gasteiger partial charge in [-0.2, -0.15) is 18.2 Å². The van der Waals surface area contributed by atoms with Crippen LogP contribution in [0.3, 0.4) is 0 Å². The summed E-state index contributed by atoms with van der Waals surface area (Å²) >= 11 is 0.617. The van der Waals surface area contributed by atoms with Gasteiger partial charge in [0.2, 0.25) is 0 Å². The second-order valence-electron chi connectivity index (χ2n) is 2.50. The smallest absolute Gasteiger partial charge is 0.177 e. The van der Waals surface area contributed by atoms with E-state index in [1.807, 2.05) is 0 Å². The fraction of sp³-hybridized carbons (Fsp3) is 0.125. The van der Waals surface area contributed by atoms with Gasteiger partial charge in [0.25, 0.3) is 5.30 Å². The molecule has 68 valence electrons. The van der Waals surface area contributed by atoms with Crippen LogP contribution in [0.15, 0.2) is 34.2 Å². The van der Waals surface area contributed by atoms with Crippen LogP contribution in [0.25, 0.3) is 0 Å². The van der Waals surface area contributed by atoms with Gasteiger partial charge in [0.15, 0.2) is 0 Å². The molecule has 0 atom stereocenters. The van der Waals surface area contributed by atoms with Crippen LogP contribution in [-0.2, 0) is 6.05 Å². The van der Waals surface area contributed by atoms with Gasteiger partial charge in [0.1, 0.15) is 0 Å². The Hall–Kier alpha value is -0.970. The molecule has 1 heterocycles. The molecule has 0 saturated carbocycles. The number of nitrogens with zero attached hydrogens (tertiary/aromatic N) is 1. The van der Waals surface area contributed by atoms with Crippen LogP contribution in [0.1, 0.15) is 5.56 Å². The molecule has 1 nitrogen and oxygen atoms in total. The van der Waals surface area contributed by atoms with E-state index in [-0.39, 0.29) is 10.5 Å². The molecule has 0 aliphatic carbocycles. The van der Waals surface area contributed by atoms with Gasteiger partial charge in [0.05, 0.1) is 5.56 Å². The third-order valence-electron chi connectivity index (χ3n) is 1.63. The first-order chi connectivity index (χ1) is 6.09. The molecular formula is C8H4F3NS. The summed E-state index contributed by atoms with van der Waals surface area (Å²) in [6, 6.07) is 2.33.